The van der Waals surface area contributed by atoms with Crippen LogP contribution in [0.5, 0.6) is 5.88 Å². The number of piperazine rings is 1. The summed E-state index contributed by atoms with van der Waals surface area (Å²) < 4.78 is 41.1. The number of nitrogens with zero attached hydrogens (tertiary/aromatic N) is 4. The topological polar surface area (TPSA) is 66.0 Å². The lowest BCUT2D eigenvalue weighted by Gasteiger charge is -2.39. The highest BCUT2D eigenvalue weighted by Crippen LogP contribution is 2.18. The second kappa shape index (κ2) is 9.63. The fourth-order valence-electron chi connectivity index (χ4n) is 3.78. The van der Waals surface area contributed by atoms with Crippen LogP contribution in [0.15, 0.2) is 18.3 Å². The van der Waals surface area contributed by atoms with Gasteiger partial charge in [0.25, 0.3) is 5.91 Å². The molecule has 0 aliphatic carbocycles. The smallest absolute Gasteiger partial charge is 0.422 e. The molecule has 0 radical (unpaired) electrons. The molecule has 2 saturated heterocycles. The molecule has 30 heavy (non-hydrogen) atoms. The number of carbonyl (C=O) groups excluding carboxylic acids is 2. The average Bonchev–Trinajstić information content (AvgIpc) is 2.77. The van der Waals surface area contributed by atoms with Crippen molar-refractivity contribution in [2.24, 2.45) is 0 Å². The summed E-state index contributed by atoms with van der Waals surface area (Å²) in [6, 6.07) is 2.46. The fraction of sp³-hybridized carbons (Fsp3) is 0.650. The third-order valence-corrected chi connectivity index (χ3v) is 5.54. The fourth-order valence-corrected chi connectivity index (χ4v) is 3.78. The van der Waals surface area contributed by atoms with E-state index in [1.54, 1.807) is 4.90 Å². The average molecular weight is 428 g/mol. The third-order valence-electron chi connectivity index (χ3n) is 5.54. The Hall–Kier alpha value is -2.36. The summed E-state index contributed by atoms with van der Waals surface area (Å²) in [5.74, 6) is -0.272. The molecule has 0 bridgehead atoms. The van der Waals surface area contributed by atoms with Crippen LogP contribution in [0.25, 0.3) is 0 Å². The van der Waals surface area contributed by atoms with Gasteiger partial charge in [-0.2, -0.15) is 13.2 Å². The van der Waals surface area contributed by atoms with E-state index in [0.717, 1.165) is 25.9 Å². The number of likely N-dealkylation sites (tertiary alicyclic amines) is 1. The summed E-state index contributed by atoms with van der Waals surface area (Å²) in [7, 11) is 0. The van der Waals surface area contributed by atoms with Crippen molar-refractivity contribution in [2.45, 2.75) is 38.4 Å². The van der Waals surface area contributed by atoms with Crippen molar-refractivity contribution in [2.75, 3.05) is 45.9 Å². The standard InChI is InChI=1S/C20H27F3N4O3/c1-15(18(28)26-7-3-2-4-8-26)25-9-11-27(12-10-25)19(29)16-5-6-17(24-13-16)30-14-20(21,22)23/h5-6,13,15H,2-4,7-12,14H2,1H3. The molecule has 3 rings (SSSR count). The zero-order valence-corrected chi connectivity index (χ0v) is 17.0. The van der Waals surface area contributed by atoms with Gasteiger partial charge in [-0.1, -0.05) is 0 Å². The Morgan fingerprint density at radius 2 is 1.70 bits per heavy atom. The van der Waals surface area contributed by atoms with E-state index in [1.165, 1.54) is 24.8 Å². The molecule has 0 N–H and O–H groups in total. The molecule has 1 unspecified atom stereocenters. The normalized spacial score (nSPS) is 19.5. The molecule has 2 fully saturated rings. The van der Waals surface area contributed by atoms with E-state index >= 15 is 0 Å². The largest absolute Gasteiger partial charge is 0.468 e. The number of carbonyl (C=O) groups is 2. The molecule has 2 amide bonds. The van der Waals surface area contributed by atoms with Crippen LogP contribution >= 0.6 is 0 Å². The van der Waals surface area contributed by atoms with Gasteiger partial charge in [-0.25, -0.2) is 4.98 Å². The maximum absolute atomic E-state index is 12.7. The van der Waals surface area contributed by atoms with Crippen LogP contribution in [0, 0.1) is 0 Å². The minimum atomic E-state index is -4.44. The van der Waals surface area contributed by atoms with Crippen molar-refractivity contribution < 1.29 is 27.5 Å². The number of amides is 2. The molecule has 1 atom stereocenters. The van der Waals surface area contributed by atoms with E-state index in [0.29, 0.717) is 31.7 Å². The van der Waals surface area contributed by atoms with Crippen molar-refractivity contribution >= 4 is 11.8 Å². The summed E-state index contributed by atoms with van der Waals surface area (Å²) in [5.41, 5.74) is 0.292. The van der Waals surface area contributed by atoms with Crippen LogP contribution in [0.2, 0.25) is 0 Å². The number of ether oxygens (including phenoxy) is 1. The quantitative estimate of drug-likeness (QED) is 0.719. The Bertz CT molecular complexity index is 728. The third kappa shape index (κ3) is 5.84. The van der Waals surface area contributed by atoms with Crippen LogP contribution in [-0.2, 0) is 4.79 Å². The molecule has 7 nitrogen and oxygen atoms in total. The van der Waals surface area contributed by atoms with Crippen molar-refractivity contribution in [1.29, 1.82) is 0 Å². The first kappa shape index (κ1) is 22.3. The zero-order valence-electron chi connectivity index (χ0n) is 17.0. The van der Waals surface area contributed by atoms with E-state index in [1.807, 2.05) is 11.8 Å². The van der Waals surface area contributed by atoms with Crippen LogP contribution in [0.4, 0.5) is 13.2 Å². The number of halogens is 3. The number of hydrogen-bond donors (Lipinski definition) is 0. The van der Waals surface area contributed by atoms with Gasteiger partial charge in [-0.05, 0) is 32.3 Å². The number of aromatic nitrogens is 1. The minimum Gasteiger partial charge on any atom is -0.468 e. The number of pyridine rings is 1. The molecule has 0 saturated carbocycles. The monoisotopic (exact) mass is 428 g/mol. The molecule has 2 aliphatic heterocycles. The van der Waals surface area contributed by atoms with Crippen LogP contribution < -0.4 is 4.74 Å². The maximum Gasteiger partial charge on any atom is 0.422 e. The second-order valence-electron chi connectivity index (χ2n) is 7.68. The van der Waals surface area contributed by atoms with Gasteiger partial charge in [0, 0.05) is 51.5 Å². The number of rotatable bonds is 5. The summed E-state index contributed by atoms with van der Waals surface area (Å²) in [4.78, 5) is 34.8. The highest BCUT2D eigenvalue weighted by atomic mass is 19.4. The predicted octanol–water partition coefficient (Wildman–Crippen LogP) is 2.18. The first-order valence-corrected chi connectivity index (χ1v) is 10.2. The molecular weight excluding hydrogens is 401 g/mol. The second-order valence-corrected chi connectivity index (χ2v) is 7.68. The molecule has 2 aliphatic rings. The Morgan fingerprint density at radius 3 is 2.27 bits per heavy atom. The highest BCUT2D eigenvalue weighted by molar-refractivity contribution is 5.94. The summed E-state index contributed by atoms with van der Waals surface area (Å²) >= 11 is 0. The van der Waals surface area contributed by atoms with Gasteiger partial charge in [-0.3, -0.25) is 14.5 Å². The van der Waals surface area contributed by atoms with Crippen molar-refractivity contribution in [3.63, 3.8) is 0 Å². The van der Waals surface area contributed by atoms with E-state index in [4.69, 9.17) is 0 Å². The van der Waals surface area contributed by atoms with E-state index in [9.17, 15) is 22.8 Å². The lowest BCUT2D eigenvalue weighted by Crippen LogP contribution is -2.56. The van der Waals surface area contributed by atoms with Crippen molar-refractivity contribution in [3.8, 4) is 5.88 Å². The number of hydrogen-bond acceptors (Lipinski definition) is 5. The van der Waals surface area contributed by atoms with Gasteiger partial charge in [0.1, 0.15) is 0 Å². The maximum atomic E-state index is 12.7. The molecular formula is C20H27F3N4O3. The Kier molecular flexibility index (Phi) is 7.17. The van der Waals surface area contributed by atoms with Gasteiger partial charge >= 0.3 is 6.18 Å². The molecule has 166 valence electrons. The van der Waals surface area contributed by atoms with E-state index < -0.39 is 12.8 Å². The predicted molar refractivity (Wildman–Crippen MR) is 103 cm³/mol. The Balaban J connectivity index is 1.49. The summed E-state index contributed by atoms with van der Waals surface area (Å²) in [6.07, 6.45) is 0.0537. The van der Waals surface area contributed by atoms with E-state index in [2.05, 4.69) is 14.6 Å². The van der Waals surface area contributed by atoms with Gasteiger partial charge in [-0.15, -0.1) is 0 Å². The lowest BCUT2D eigenvalue weighted by molar-refractivity contribution is -0.154. The summed E-state index contributed by atoms with van der Waals surface area (Å²) in [5, 5.41) is 0. The Labute approximate surface area is 173 Å². The van der Waals surface area contributed by atoms with E-state index in [-0.39, 0.29) is 23.7 Å². The number of alkyl halides is 3. The minimum absolute atomic E-state index is 0.146. The van der Waals surface area contributed by atoms with Gasteiger partial charge in [0.05, 0.1) is 11.6 Å². The first-order chi connectivity index (χ1) is 14.2. The van der Waals surface area contributed by atoms with Crippen molar-refractivity contribution in [1.82, 2.24) is 19.7 Å². The van der Waals surface area contributed by atoms with Crippen molar-refractivity contribution in [3.05, 3.63) is 23.9 Å². The van der Waals surface area contributed by atoms with Gasteiger partial charge < -0.3 is 14.5 Å². The zero-order chi connectivity index (χ0) is 21.7. The molecule has 10 heteroatoms. The van der Waals surface area contributed by atoms with Gasteiger partial charge in [0.15, 0.2) is 6.61 Å². The van der Waals surface area contributed by atoms with Crippen LogP contribution in [-0.4, -0.2) is 89.6 Å². The van der Waals surface area contributed by atoms with Crippen LogP contribution in [0.3, 0.4) is 0 Å². The van der Waals surface area contributed by atoms with Gasteiger partial charge in [0.2, 0.25) is 11.8 Å². The molecule has 1 aromatic heterocycles. The molecule has 3 heterocycles. The SMILES string of the molecule is CC(C(=O)N1CCCCC1)N1CCN(C(=O)c2ccc(OCC(F)(F)F)nc2)CC1. The number of piperidine rings is 1. The highest BCUT2D eigenvalue weighted by Gasteiger charge is 2.31. The molecule has 1 aromatic rings. The Morgan fingerprint density at radius 1 is 1.03 bits per heavy atom. The molecule has 0 aromatic carbocycles. The molecule has 0 spiro atoms. The first-order valence-electron chi connectivity index (χ1n) is 10.2. The lowest BCUT2D eigenvalue weighted by atomic mass is 10.1. The summed E-state index contributed by atoms with van der Waals surface area (Å²) in [6.45, 7) is 4.25. The van der Waals surface area contributed by atoms with Crippen LogP contribution in [0.1, 0.15) is 36.5 Å².